The summed E-state index contributed by atoms with van der Waals surface area (Å²) in [4.78, 5) is 5.97. The van der Waals surface area contributed by atoms with Crippen molar-refractivity contribution in [3.63, 3.8) is 0 Å². The summed E-state index contributed by atoms with van der Waals surface area (Å²) in [6, 6.07) is 15.0. The fraction of sp³-hybridized carbons (Fsp3) is 0.120. The van der Waals surface area contributed by atoms with Gasteiger partial charge in [-0.25, -0.2) is 4.98 Å². The molecule has 0 radical (unpaired) electrons. The van der Waals surface area contributed by atoms with Crippen LogP contribution in [0.4, 0.5) is 5.82 Å². The molecule has 3 heterocycles. The van der Waals surface area contributed by atoms with Crippen molar-refractivity contribution in [2.45, 2.75) is 18.2 Å². The molecule has 0 saturated heterocycles. The van der Waals surface area contributed by atoms with Crippen LogP contribution in [0.1, 0.15) is 18.1 Å². The van der Waals surface area contributed by atoms with E-state index in [9.17, 15) is 0 Å². The molecule has 1 aliphatic heterocycles. The van der Waals surface area contributed by atoms with Crippen LogP contribution in [0.15, 0.2) is 83.5 Å². The molecule has 148 valence electrons. The molecule has 1 aliphatic rings. The zero-order chi connectivity index (χ0) is 20.5. The molecule has 5 rings (SSSR count). The van der Waals surface area contributed by atoms with Crippen LogP contribution >= 0.6 is 11.8 Å². The number of nitrogens with zero attached hydrogens (tertiary/aromatic N) is 3. The number of rotatable bonds is 4. The molecule has 2 aromatic carbocycles. The lowest BCUT2D eigenvalue weighted by molar-refractivity contribution is 0.768. The summed E-state index contributed by atoms with van der Waals surface area (Å²) < 4.78 is 1.82. The van der Waals surface area contributed by atoms with E-state index in [4.69, 9.17) is 0 Å². The summed E-state index contributed by atoms with van der Waals surface area (Å²) >= 11 is 1.78. The van der Waals surface area contributed by atoms with Crippen LogP contribution in [0, 0.1) is 0 Å². The molecule has 0 bridgehead atoms. The maximum Gasteiger partial charge on any atom is 0.130 e. The van der Waals surface area contributed by atoms with E-state index in [1.807, 2.05) is 30.3 Å². The first-order valence-electron chi connectivity index (χ1n) is 9.97. The van der Waals surface area contributed by atoms with E-state index < -0.39 is 0 Å². The Kier molecular flexibility index (Phi) is 4.89. The van der Waals surface area contributed by atoms with Gasteiger partial charge in [0.25, 0.3) is 0 Å². The molecule has 0 aliphatic carbocycles. The molecular weight excluding hydrogens is 388 g/mol. The van der Waals surface area contributed by atoms with E-state index in [1.54, 1.807) is 11.8 Å². The number of benzene rings is 2. The number of aryl methyl sites for hydroxylation is 1. The molecule has 0 unspecified atom stereocenters. The van der Waals surface area contributed by atoms with E-state index in [2.05, 4.69) is 82.3 Å². The first-order chi connectivity index (χ1) is 14.7. The van der Waals surface area contributed by atoms with Gasteiger partial charge in [0.2, 0.25) is 0 Å². The molecular formula is C25H22N4S. The molecule has 0 atom stereocenters. The highest BCUT2D eigenvalue weighted by molar-refractivity contribution is 8.02. The largest absolute Gasteiger partial charge is 0.340 e. The SMILES string of the molecule is C/C=C(\Nc1cc2cc(-c3cnn(C)c3)ccc2cn1)c1cccc2c1CC=CS2. The monoisotopic (exact) mass is 410 g/mol. The molecule has 2 aromatic heterocycles. The van der Waals surface area contributed by atoms with E-state index in [0.717, 1.165) is 39.8 Å². The lowest BCUT2D eigenvalue weighted by atomic mass is 10.0. The van der Waals surface area contributed by atoms with Crippen LogP contribution < -0.4 is 5.32 Å². The molecule has 1 N–H and O–H groups in total. The molecule has 4 nitrogen and oxygen atoms in total. The number of anilines is 1. The van der Waals surface area contributed by atoms with E-state index in [-0.39, 0.29) is 0 Å². The van der Waals surface area contributed by atoms with Crippen LogP contribution in [-0.4, -0.2) is 14.8 Å². The number of nitrogens with one attached hydrogen (secondary N) is 1. The van der Waals surface area contributed by atoms with Crippen LogP contribution in [0.3, 0.4) is 0 Å². The van der Waals surface area contributed by atoms with Gasteiger partial charge < -0.3 is 5.32 Å². The number of aromatic nitrogens is 3. The van der Waals surface area contributed by atoms with Gasteiger partial charge in [-0.1, -0.05) is 48.2 Å². The topological polar surface area (TPSA) is 42.7 Å². The number of pyridine rings is 1. The molecule has 0 spiro atoms. The second-order valence-electron chi connectivity index (χ2n) is 7.34. The minimum Gasteiger partial charge on any atom is -0.340 e. The summed E-state index contributed by atoms with van der Waals surface area (Å²) in [5.41, 5.74) is 5.95. The third-order valence-electron chi connectivity index (χ3n) is 5.35. The number of hydrogen-bond donors (Lipinski definition) is 1. The van der Waals surface area contributed by atoms with Gasteiger partial charge in [0.15, 0.2) is 0 Å². The Bertz CT molecular complexity index is 1300. The first kappa shape index (κ1) is 18.7. The Morgan fingerprint density at radius 1 is 1.10 bits per heavy atom. The van der Waals surface area contributed by atoms with Gasteiger partial charge in [-0.2, -0.15) is 5.10 Å². The maximum atomic E-state index is 4.65. The maximum absolute atomic E-state index is 4.65. The van der Waals surface area contributed by atoms with Crippen molar-refractivity contribution in [2.75, 3.05) is 5.32 Å². The van der Waals surface area contributed by atoms with Gasteiger partial charge in [0.05, 0.1) is 6.20 Å². The van der Waals surface area contributed by atoms with Crippen LogP contribution in [0.2, 0.25) is 0 Å². The van der Waals surface area contributed by atoms with Crippen LogP contribution in [0.5, 0.6) is 0 Å². The molecule has 0 fully saturated rings. The highest BCUT2D eigenvalue weighted by Crippen LogP contribution is 2.34. The third-order valence-corrected chi connectivity index (χ3v) is 6.31. The number of allylic oxidation sites excluding steroid dienone is 2. The molecule has 0 saturated carbocycles. The second kappa shape index (κ2) is 7.84. The normalized spacial score (nSPS) is 13.5. The van der Waals surface area contributed by atoms with Gasteiger partial charge in [-0.3, -0.25) is 4.68 Å². The zero-order valence-electron chi connectivity index (χ0n) is 17.0. The fourth-order valence-corrected chi connectivity index (χ4v) is 4.65. The first-order valence-corrected chi connectivity index (χ1v) is 10.9. The van der Waals surface area contributed by atoms with Crippen molar-refractivity contribution >= 4 is 34.0 Å². The minimum absolute atomic E-state index is 0.843. The van der Waals surface area contributed by atoms with E-state index >= 15 is 0 Å². The van der Waals surface area contributed by atoms with Gasteiger partial charge in [0, 0.05) is 46.5 Å². The van der Waals surface area contributed by atoms with Gasteiger partial charge in [-0.05, 0) is 53.5 Å². The van der Waals surface area contributed by atoms with Crippen molar-refractivity contribution in [3.8, 4) is 11.1 Å². The van der Waals surface area contributed by atoms with Gasteiger partial charge in [0.1, 0.15) is 5.82 Å². The Labute approximate surface area is 180 Å². The fourth-order valence-electron chi connectivity index (χ4n) is 3.82. The highest BCUT2D eigenvalue weighted by Gasteiger charge is 2.14. The third kappa shape index (κ3) is 3.53. The average Bonchev–Trinajstić information content (AvgIpc) is 3.23. The number of fused-ring (bicyclic) bond motifs is 2. The summed E-state index contributed by atoms with van der Waals surface area (Å²) in [5, 5.41) is 12.3. The van der Waals surface area contributed by atoms with Crippen molar-refractivity contribution < 1.29 is 0 Å². The van der Waals surface area contributed by atoms with Crippen molar-refractivity contribution in [1.29, 1.82) is 0 Å². The van der Waals surface area contributed by atoms with Gasteiger partial charge in [-0.15, -0.1) is 0 Å². The Morgan fingerprint density at radius 3 is 2.87 bits per heavy atom. The lowest BCUT2D eigenvalue weighted by Gasteiger charge is -2.18. The summed E-state index contributed by atoms with van der Waals surface area (Å²) in [7, 11) is 1.94. The van der Waals surface area contributed by atoms with E-state index in [1.165, 1.54) is 16.0 Å². The van der Waals surface area contributed by atoms with E-state index in [0.29, 0.717) is 0 Å². The van der Waals surface area contributed by atoms with Crippen molar-refractivity contribution in [3.05, 3.63) is 89.7 Å². The summed E-state index contributed by atoms with van der Waals surface area (Å²) in [6.45, 7) is 2.06. The quantitative estimate of drug-likeness (QED) is 0.430. The zero-order valence-corrected chi connectivity index (χ0v) is 17.8. The Morgan fingerprint density at radius 2 is 2.03 bits per heavy atom. The summed E-state index contributed by atoms with van der Waals surface area (Å²) in [5.74, 6) is 0.843. The summed E-state index contributed by atoms with van der Waals surface area (Å²) in [6.07, 6.45) is 11.2. The average molecular weight is 411 g/mol. The molecule has 4 aromatic rings. The minimum atomic E-state index is 0.843. The standard InChI is InChI=1S/C25H22N4S/c1-3-23(21-6-4-8-24-22(21)7-5-11-30-24)28-25-13-19-12-17(9-10-18(19)14-26-25)20-15-27-29(2)16-20/h3-6,8-16H,7H2,1-2H3,(H,26,28)/b23-3-. The van der Waals surface area contributed by atoms with Crippen molar-refractivity contribution in [1.82, 2.24) is 14.8 Å². The smallest absolute Gasteiger partial charge is 0.130 e. The molecule has 0 amide bonds. The lowest BCUT2D eigenvalue weighted by Crippen LogP contribution is -2.05. The Balaban J connectivity index is 1.49. The Hall–Kier alpha value is -3.31. The number of thioether (sulfide) groups is 1. The van der Waals surface area contributed by atoms with Crippen LogP contribution in [-0.2, 0) is 13.5 Å². The van der Waals surface area contributed by atoms with Crippen LogP contribution in [0.25, 0.3) is 27.6 Å². The second-order valence-corrected chi connectivity index (χ2v) is 8.29. The predicted molar refractivity (Wildman–Crippen MR) is 126 cm³/mol. The predicted octanol–water partition coefficient (Wildman–Crippen LogP) is 6.27. The molecule has 5 heteroatoms. The molecule has 30 heavy (non-hydrogen) atoms. The van der Waals surface area contributed by atoms with Crippen molar-refractivity contribution in [2.24, 2.45) is 7.05 Å². The van der Waals surface area contributed by atoms with Gasteiger partial charge >= 0.3 is 0 Å². The number of hydrogen-bond acceptors (Lipinski definition) is 4. The highest BCUT2D eigenvalue weighted by atomic mass is 32.2.